The fourth-order valence-electron chi connectivity index (χ4n) is 2.44. The number of nitrogens with one attached hydrogen (secondary N) is 1. The van der Waals surface area contributed by atoms with Gasteiger partial charge in [0.05, 0.1) is 6.04 Å². The minimum Gasteiger partial charge on any atom is -0.306 e. The molecule has 0 saturated heterocycles. The Balaban J connectivity index is 2.55. The summed E-state index contributed by atoms with van der Waals surface area (Å²) in [7, 11) is 0. The summed E-state index contributed by atoms with van der Waals surface area (Å²) in [6.45, 7) is 7.17. The van der Waals surface area contributed by atoms with Gasteiger partial charge in [-0.1, -0.05) is 58.2 Å². The molecule has 0 radical (unpaired) electrons. The lowest BCUT2D eigenvalue weighted by Gasteiger charge is -2.23. The third-order valence-electron chi connectivity index (χ3n) is 3.54. The van der Waals surface area contributed by atoms with Crippen LogP contribution in [0.25, 0.3) is 0 Å². The maximum atomic E-state index is 6.40. The molecule has 0 spiro atoms. The fraction of sp³-hybridized carbons (Fsp3) is 0.294. The maximum absolute atomic E-state index is 6.40. The summed E-state index contributed by atoms with van der Waals surface area (Å²) >= 11 is 16.0. The fourth-order valence-corrected chi connectivity index (χ4v) is 3.42. The van der Waals surface area contributed by atoms with Crippen molar-refractivity contribution in [2.75, 3.05) is 6.54 Å². The van der Waals surface area contributed by atoms with Crippen LogP contribution in [0.3, 0.4) is 0 Å². The van der Waals surface area contributed by atoms with Crippen molar-refractivity contribution in [3.05, 3.63) is 67.1 Å². The molecular formula is C17H18BrCl2N. The number of halogens is 3. The van der Waals surface area contributed by atoms with Crippen LogP contribution >= 0.6 is 39.1 Å². The lowest BCUT2D eigenvalue weighted by molar-refractivity contribution is 0.627. The predicted molar refractivity (Wildman–Crippen MR) is 95.6 cm³/mol. The lowest BCUT2D eigenvalue weighted by Crippen LogP contribution is -2.23. The summed E-state index contributed by atoms with van der Waals surface area (Å²) in [4.78, 5) is 0. The molecule has 2 rings (SSSR count). The van der Waals surface area contributed by atoms with Gasteiger partial charge >= 0.3 is 0 Å². The Morgan fingerprint density at radius 2 is 1.76 bits per heavy atom. The van der Waals surface area contributed by atoms with Crippen LogP contribution in [0.1, 0.15) is 35.2 Å². The Bertz CT molecular complexity index is 655. The zero-order chi connectivity index (χ0) is 15.6. The second kappa shape index (κ2) is 7.15. The van der Waals surface area contributed by atoms with Gasteiger partial charge in [-0.05, 0) is 60.8 Å². The highest BCUT2D eigenvalue weighted by Crippen LogP contribution is 2.33. The Morgan fingerprint density at radius 3 is 2.38 bits per heavy atom. The van der Waals surface area contributed by atoms with Crippen molar-refractivity contribution in [2.45, 2.75) is 26.8 Å². The first kappa shape index (κ1) is 16.8. The zero-order valence-electron chi connectivity index (χ0n) is 12.3. The van der Waals surface area contributed by atoms with E-state index in [9.17, 15) is 0 Å². The van der Waals surface area contributed by atoms with E-state index in [1.165, 1.54) is 16.7 Å². The molecule has 0 aliphatic heterocycles. The van der Waals surface area contributed by atoms with Crippen molar-refractivity contribution < 1.29 is 0 Å². The van der Waals surface area contributed by atoms with Crippen LogP contribution in [0.5, 0.6) is 0 Å². The van der Waals surface area contributed by atoms with Crippen molar-refractivity contribution in [1.29, 1.82) is 0 Å². The largest absolute Gasteiger partial charge is 0.306 e. The van der Waals surface area contributed by atoms with Gasteiger partial charge in [-0.15, -0.1) is 0 Å². The van der Waals surface area contributed by atoms with Crippen LogP contribution in [0, 0.1) is 13.8 Å². The van der Waals surface area contributed by atoms with Crippen LogP contribution in [0.2, 0.25) is 10.0 Å². The summed E-state index contributed by atoms with van der Waals surface area (Å²) in [5.41, 5.74) is 4.72. The van der Waals surface area contributed by atoms with Gasteiger partial charge in [0.15, 0.2) is 0 Å². The van der Waals surface area contributed by atoms with Crippen LogP contribution < -0.4 is 5.32 Å². The summed E-state index contributed by atoms with van der Waals surface area (Å²) < 4.78 is 1.13. The van der Waals surface area contributed by atoms with Crippen molar-refractivity contribution in [2.24, 2.45) is 0 Å². The Kier molecular flexibility index (Phi) is 5.73. The molecule has 1 nitrogen and oxygen atoms in total. The molecule has 0 aliphatic carbocycles. The molecule has 0 aromatic heterocycles. The number of hydrogen-bond donors (Lipinski definition) is 1. The van der Waals surface area contributed by atoms with Crippen molar-refractivity contribution in [1.82, 2.24) is 5.32 Å². The molecule has 4 heteroatoms. The topological polar surface area (TPSA) is 12.0 Å². The zero-order valence-corrected chi connectivity index (χ0v) is 15.4. The third kappa shape index (κ3) is 3.81. The Hall–Kier alpha value is -0.540. The SMILES string of the molecule is CCNC(c1cc(C)c(Br)cc1C)c1ccc(Cl)cc1Cl. The first-order valence-corrected chi connectivity index (χ1v) is 8.44. The predicted octanol–water partition coefficient (Wildman–Crippen LogP) is 6.07. The van der Waals surface area contributed by atoms with E-state index in [4.69, 9.17) is 23.2 Å². The van der Waals surface area contributed by atoms with Gasteiger partial charge < -0.3 is 5.32 Å². The lowest BCUT2D eigenvalue weighted by atomic mass is 9.93. The summed E-state index contributed by atoms with van der Waals surface area (Å²) in [5.74, 6) is 0. The van der Waals surface area contributed by atoms with Crippen LogP contribution in [-0.4, -0.2) is 6.54 Å². The van der Waals surface area contributed by atoms with Gasteiger partial charge in [0.1, 0.15) is 0 Å². The van der Waals surface area contributed by atoms with Gasteiger partial charge in [0, 0.05) is 14.5 Å². The Morgan fingerprint density at radius 1 is 1.05 bits per heavy atom. The summed E-state index contributed by atoms with van der Waals surface area (Å²) in [6, 6.07) is 10.1. The normalized spacial score (nSPS) is 12.5. The van der Waals surface area contributed by atoms with E-state index in [2.05, 4.69) is 54.2 Å². The van der Waals surface area contributed by atoms with Crippen molar-refractivity contribution in [3.8, 4) is 0 Å². The Labute approximate surface area is 144 Å². The molecule has 0 amide bonds. The van der Waals surface area contributed by atoms with E-state index in [-0.39, 0.29) is 6.04 Å². The summed E-state index contributed by atoms with van der Waals surface area (Å²) in [5, 5.41) is 4.86. The van der Waals surface area contributed by atoms with E-state index in [1.54, 1.807) is 6.07 Å². The van der Waals surface area contributed by atoms with E-state index < -0.39 is 0 Å². The van der Waals surface area contributed by atoms with Gasteiger partial charge in [-0.2, -0.15) is 0 Å². The first-order chi connectivity index (χ1) is 9.93. The first-order valence-electron chi connectivity index (χ1n) is 6.89. The average molecular weight is 387 g/mol. The quantitative estimate of drug-likeness (QED) is 0.672. The van der Waals surface area contributed by atoms with E-state index in [0.29, 0.717) is 10.0 Å². The van der Waals surface area contributed by atoms with Gasteiger partial charge in [0.2, 0.25) is 0 Å². The smallest absolute Gasteiger partial charge is 0.0594 e. The van der Waals surface area contributed by atoms with Crippen LogP contribution in [0.15, 0.2) is 34.8 Å². The number of hydrogen-bond acceptors (Lipinski definition) is 1. The summed E-state index contributed by atoms with van der Waals surface area (Å²) in [6.07, 6.45) is 0. The number of aryl methyl sites for hydroxylation is 2. The molecule has 0 saturated carbocycles. The molecule has 112 valence electrons. The molecule has 0 fully saturated rings. The number of benzene rings is 2. The van der Waals surface area contributed by atoms with Crippen LogP contribution in [-0.2, 0) is 0 Å². The highest BCUT2D eigenvalue weighted by Gasteiger charge is 2.19. The molecule has 2 aromatic carbocycles. The average Bonchev–Trinajstić information content (AvgIpc) is 2.41. The maximum Gasteiger partial charge on any atom is 0.0594 e. The molecule has 1 atom stereocenters. The highest BCUT2D eigenvalue weighted by atomic mass is 79.9. The minimum atomic E-state index is 0.0616. The second-order valence-electron chi connectivity index (χ2n) is 5.11. The molecule has 2 aromatic rings. The highest BCUT2D eigenvalue weighted by molar-refractivity contribution is 9.10. The van der Waals surface area contributed by atoms with Gasteiger partial charge in [-0.25, -0.2) is 0 Å². The molecule has 0 aliphatic rings. The minimum absolute atomic E-state index is 0.0616. The molecular weight excluding hydrogens is 369 g/mol. The number of rotatable bonds is 4. The third-order valence-corrected chi connectivity index (χ3v) is 4.96. The van der Waals surface area contributed by atoms with Gasteiger partial charge in [-0.3, -0.25) is 0 Å². The molecule has 0 heterocycles. The standard InChI is InChI=1S/C17H18BrCl2N/c1-4-21-17(13-6-5-12(19)9-16(13)20)14-7-11(3)15(18)8-10(14)2/h5-9,17,21H,4H2,1-3H3. The molecule has 0 bridgehead atoms. The van der Waals surface area contributed by atoms with Crippen LogP contribution in [0.4, 0.5) is 0 Å². The van der Waals surface area contributed by atoms with Crippen molar-refractivity contribution in [3.63, 3.8) is 0 Å². The second-order valence-corrected chi connectivity index (χ2v) is 6.81. The van der Waals surface area contributed by atoms with E-state index >= 15 is 0 Å². The molecule has 1 unspecified atom stereocenters. The monoisotopic (exact) mass is 385 g/mol. The van der Waals surface area contributed by atoms with E-state index in [0.717, 1.165) is 16.6 Å². The molecule has 21 heavy (non-hydrogen) atoms. The molecule has 1 N–H and O–H groups in total. The van der Waals surface area contributed by atoms with Crippen molar-refractivity contribution >= 4 is 39.1 Å². The van der Waals surface area contributed by atoms with E-state index in [1.807, 2.05) is 12.1 Å². The van der Waals surface area contributed by atoms with Gasteiger partial charge in [0.25, 0.3) is 0 Å².